The van der Waals surface area contributed by atoms with E-state index < -0.39 is 12.0 Å². The topological polar surface area (TPSA) is 49.3 Å². The second kappa shape index (κ2) is 2.96. The van der Waals surface area contributed by atoms with Crippen LogP contribution in [0.3, 0.4) is 0 Å². The molecule has 1 heterocycles. The Labute approximate surface area is 64.4 Å². The van der Waals surface area contributed by atoms with Gasteiger partial charge in [-0.05, 0) is 19.3 Å². The Balaban J connectivity index is 2.47. The van der Waals surface area contributed by atoms with Crippen molar-refractivity contribution >= 4 is 23.2 Å². The van der Waals surface area contributed by atoms with Crippen molar-refractivity contribution < 1.29 is 9.90 Å². The van der Waals surface area contributed by atoms with E-state index in [4.69, 9.17) is 17.3 Å². The molecule has 1 aliphatic rings. The average molecular weight is 159 g/mol. The zero-order valence-electron chi connectivity index (χ0n) is 5.46. The minimum atomic E-state index is -0.804. The van der Waals surface area contributed by atoms with Crippen molar-refractivity contribution in [3.05, 3.63) is 0 Å². The summed E-state index contributed by atoms with van der Waals surface area (Å²) < 4.78 is 0. The number of thiocarbonyl (C=S) groups is 1. The normalized spacial score (nSPS) is 25.6. The molecule has 0 aliphatic carbocycles. The fraction of sp³-hybridized carbons (Fsp3) is 0.667. The van der Waals surface area contributed by atoms with Crippen LogP contribution in [0.15, 0.2) is 0 Å². The van der Waals surface area contributed by atoms with E-state index in [-0.39, 0.29) is 0 Å². The third kappa shape index (κ3) is 1.67. The van der Waals surface area contributed by atoms with Crippen LogP contribution in [-0.2, 0) is 4.79 Å². The Morgan fingerprint density at radius 2 is 2.50 bits per heavy atom. The third-order valence-electron chi connectivity index (χ3n) is 1.53. The summed E-state index contributed by atoms with van der Waals surface area (Å²) in [6.07, 6.45) is 2.41. The molecule has 1 aliphatic heterocycles. The first-order chi connectivity index (χ1) is 4.70. The molecule has 0 spiro atoms. The van der Waals surface area contributed by atoms with Crippen LogP contribution in [0.2, 0.25) is 0 Å². The summed E-state index contributed by atoms with van der Waals surface area (Å²) in [5.74, 6) is -0.804. The molecule has 1 fully saturated rings. The number of carbonyl (C=O) groups is 1. The number of rotatable bonds is 1. The maximum absolute atomic E-state index is 10.4. The van der Waals surface area contributed by atoms with Gasteiger partial charge in [-0.1, -0.05) is 12.2 Å². The highest BCUT2D eigenvalue weighted by molar-refractivity contribution is 7.80. The van der Waals surface area contributed by atoms with Gasteiger partial charge in [-0.2, -0.15) is 0 Å². The van der Waals surface area contributed by atoms with Crippen molar-refractivity contribution in [2.45, 2.75) is 25.3 Å². The molecule has 10 heavy (non-hydrogen) atoms. The van der Waals surface area contributed by atoms with E-state index in [1.807, 2.05) is 0 Å². The highest BCUT2D eigenvalue weighted by Crippen LogP contribution is 2.08. The van der Waals surface area contributed by atoms with Crippen LogP contribution in [0.1, 0.15) is 19.3 Å². The van der Waals surface area contributed by atoms with Gasteiger partial charge in [-0.15, -0.1) is 0 Å². The van der Waals surface area contributed by atoms with E-state index >= 15 is 0 Å². The average Bonchev–Trinajstić information content (AvgIpc) is 1.88. The van der Waals surface area contributed by atoms with Crippen LogP contribution < -0.4 is 5.32 Å². The molecule has 0 aromatic heterocycles. The molecule has 4 heteroatoms. The maximum atomic E-state index is 10.4. The van der Waals surface area contributed by atoms with E-state index in [1.165, 1.54) is 0 Å². The fourth-order valence-corrected chi connectivity index (χ4v) is 1.28. The molecule has 1 unspecified atom stereocenters. The van der Waals surface area contributed by atoms with Gasteiger partial charge in [0.2, 0.25) is 0 Å². The van der Waals surface area contributed by atoms with Crippen LogP contribution >= 0.6 is 12.2 Å². The molecular weight excluding hydrogens is 150 g/mol. The largest absolute Gasteiger partial charge is 0.480 e. The number of hydrogen-bond donors (Lipinski definition) is 2. The van der Waals surface area contributed by atoms with E-state index in [0.29, 0.717) is 11.4 Å². The lowest BCUT2D eigenvalue weighted by Gasteiger charge is -2.20. The smallest absolute Gasteiger partial charge is 0.326 e. The molecule has 0 radical (unpaired) electrons. The summed E-state index contributed by atoms with van der Waals surface area (Å²) in [5.41, 5.74) is 0. The van der Waals surface area contributed by atoms with Crippen molar-refractivity contribution in [2.24, 2.45) is 0 Å². The van der Waals surface area contributed by atoms with Gasteiger partial charge in [0.25, 0.3) is 0 Å². The molecule has 0 saturated carbocycles. The van der Waals surface area contributed by atoms with Gasteiger partial charge in [0.1, 0.15) is 6.04 Å². The van der Waals surface area contributed by atoms with Crippen molar-refractivity contribution in [3.63, 3.8) is 0 Å². The highest BCUT2D eigenvalue weighted by atomic mass is 32.1. The van der Waals surface area contributed by atoms with Crippen LogP contribution in [-0.4, -0.2) is 22.1 Å². The summed E-state index contributed by atoms with van der Waals surface area (Å²) >= 11 is 4.83. The monoisotopic (exact) mass is 159 g/mol. The van der Waals surface area contributed by atoms with Gasteiger partial charge in [0, 0.05) is 0 Å². The summed E-state index contributed by atoms with van der Waals surface area (Å²) in [4.78, 5) is 11.1. The zero-order chi connectivity index (χ0) is 7.56. The first kappa shape index (κ1) is 7.47. The van der Waals surface area contributed by atoms with Crippen LogP contribution in [0.5, 0.6) is 0 Å². The van der Waals surface area contributed by atoms with E-state index in [2.05, 4.69) is 5.32 Å². The minimum absolute atomic E-state index is 0.443. The van der Waals surface area contributed by atoms with Gasteiger partial charge < -0.3 is 10.4 Å². The Morgan fingerprint density at radius 3 is 2.90 bits per heavy atom. The molecule has 2 N–H and O–H groups in total. The molecule has 0 bridgehead atoms. The SMILES string of the molecule is O=C(O)C1CCCC(=S)N1. The van der Waals surface area contributed by atoms with Crippen LogP contribution in [0, 0.1) is 0 Å². The number of carboxylic acid groups (broad SMARTS) is 1. The number of nitrogens with one attached hydrogen (secondary N) is 1. The minimum Gasteiger partial charge on any atom is -0.480 e. The summed E-state index contributed by atoms with van der Waals surface area (Å²) in [5, 5.41) is 11.3. The molecule has 1 saturated heterocycles. The molecule has 3 nitrogen and oxygen atoms in total. The Hall–Kier alpha value is -0.640. The first-order valence-electron chi connectivity index (χ1n) is 3.22. The van der Waals surface area contributed by atoms with Gasteiger partial charge in [-0.25, -0.2) is 4.79 Å². The molecule has 0 amide bonds. The maximum Gasteiger partial charge on any atom is 0.326 e. The molecule has 0 aromatic carbocycles. The third-order valence-corrected chi connectivity index (χ3v) is 1.85. The first-order valence-corrected chi connectivity index (χ1v) is 3.63. The van der Waals surface area contributed by atoms with Gasteiger partial charge >= 0.3 is 5.97 Å². The Bertz CT molecular complexity index is 167. The Kier molecular flexibility index (Phi) is 2.21. The molecular formula is C6H9NO2S. The summed E-state index contributed by atoms with van der Waals surface area (Å²) in [6.45, 7) is 0. The second-order valence-electron chi connectivity index (χ2n) is 2.35. The fourth-order valence-electron chi connectivity index (χ4n) is 0.991. The van der Waals surface area contributed by atoms with Crippen molar-refractivity contribution in [1.29, 1.82) is 0 Å². The summed E-state index contributed by atoms with van der Waals surface area (Å²) in [6, 6.07) is -0.443. The molecule has 0 aromatic rings. The van der Waals surface area contributed by atoms with Gasteiger partial charge in [-0.3, -0.25) is 0 Å². The zero-order valence-corrected chi connectivity index (χ0v) is 6.28. The van der Waals surface area contributed by atoms with E-state index in [0.717, 1.165) is 12.8 Å². The van der Waals surface area contributed by atoms with Crippen molar-refractivity contribution in [2.75, 3.05) is 0 Å². The molecule has 1 atom stereocenters. The quantitative estimate of drug-likeness (QED) is 0.548. The van der Waals surface area contributed by atoms with E-state index in [1.54, 1.807) is 0 Å². The number of aliphatic carboxylic acids is 1. The van der Waals surface area contributed by atoms with Crippen molar-refractivity contribution in [3.8, 4) is 0 Å². The molecule has 56 valence electrons. The lowest BCUT2D eigenvalue weighted by molar-refractivity contribution is -0.139. The van der Waals surface area contributed by atoms with Crippen LogP contribution in [0.4, 0.5) is 0 Å². The van der Waals surface area contributed by atoms with E-state index in [9.17, 15) is 4.79 Å². The predicted octanol–water partition coefficient (Wildman–Crippen LogP) is 0.540. The summed E-state index contributed by atoms with van der Waals surface area (Å²) in [7, 11) is 0. The predicted molar refractivity (Wildman–Crippen MR) is 41.0 cm³/mol. The standard InChI is InChI=1S/C6H9NO2S/c8-6(9)4-2-1-3-5(10)7-4/h4H,1-3H2,(H,7,10)(H,8,9). The lowest BCUT2D eigenvalue weighted by Crippen LogP contribution is -2.42. The van der Waals surface area contributed by atoms with Gasteiger partial charge in [0.05, 0.1) is 4.99 Å². The van der Waals surface area contributed by atoms with Gasteiger partial charge in [0.15, 0.2) is 0 Å². The number of carboxylic acids is 1. The lowest BCUT2D eigenvalue weighted by atomic mass is 10.1. The van der Waals surface area contributed by atoms with Crippen LogP contribution in [0.25, 0.3) is 0 Å². The highest BCUT2D eigenvalue weighted by Gasteiger charge is 2.21. The van der Waals surface area contributed by atoms with Crippen molar-refractivity contribution in [1.82, 2.24) is 5.32 Å². The molecule has 1 rings (SSSR count). The Morgan fingerprint density at radius 1 is 1.80 bits per heavy atom. The number of piperidine rings is 1. The number of hydrogen-bond acceptors (Lipinski definition) is 2. The second-order valence-corrected chi connectivity index (χ2v) is 2.84.